The SMILES string of the molecule is CCCCCCC(C)(CC)c1ccsn1. The van der Waals surface area contributed by atoms with Gasteiger partial charge in [-0.2, -0.15) is 4.37 Å². The van der Waals surface area contributed by atoms with Crippen molar-refractivity contribution in [1.29, 1.82) is 0 Å². The highest BCUT2D eigenvalue weighted by molar-refractivity contribution is 7.03. The Morgan fingerprint density at radius 3 is 2.60 bits per heavy atom. The number of aromatic nitrogens is 1. The van der Waals surface area contributed by atoms with E-state index >= 15 is 0 Å². The molecule has 1 aromatic rings. The summed E-state index contributed by atoms with van der Waals surface area (Å²) in [7, 11) is 0. The molecular formula is C13H23NS. The maximum absolute atomic E-state index is 4.50. The summed E-state index contributed by atoms with van der Waals surface area (Å²) in [6, 6.07) is 2.19. The van der Waals surface area contributed by atoms with Gasteiger partial charge in [-0.15, -0.1) is 0 Å². The van der Waals surface area contributed by atoms with E-state index in [0.717, 1.165) is 0 Å². The molecule has 0 saturated carbocycles. The highest BCUT2D eigenvalue weighted by Crippen LogP contribution is 2.32. The van der Waals surface area contributed by atoms with Crippen LogP contribution in [0.1, 0.15) is 65.0 Å². The number of unbranched alkanes of at least 4 members (excludes halogenated alkanes) is 3. The Morgan fingerprint density at radius 2 is 2.07 bits per heavy atom. The molecule has 15 heavy (non-hydrogen) atoms. The molecule has 0 aliphatic heterocycles. The average molecular weight is 225 g/mol. The van der Waals surface area contributed by atoms with E-state index in [1.807, 2.05) is 0 Å². The zero-order valence-electron chi connectivity index (χ0n) is 10.3. The quantitative estimate of drug-likeness (QED) is 0.608. The molecule has 1 unspecified atom stereocenters. The third kappa shape index (κ3) is 3.60. The zero-order valence-corrected chi connectivity index (χ0v) is 11.1. The molecule has 0 spiro atoms. The minimum absolute atomic E-state index is 0.313. The largest absolute Gasteiger partial charge is 0.197 e. The molecule has 1 rings (SSSR count). The monoisotopic (exact) mass is 225 g/mol. The topological polar surface area (TPSA) is 12.9 Å². The fourth-order valence-corrected chi connectivity index (χ4v) is 2.60. The van der Waals surface area contributed by atoms with Crippen LogP contribution in [0.25, 0.3) is 0 Å². The van der Waals surface area contributed by atoms with E-state index in [2.05, 4.69) is 36.6 Å². The van der Waals surface area contributed by atoms with E-state index < -0.39 is 0 Å². The van der Waals surface area contributed by atoms with E-state index in [0.29, 0.717) is 5.41 Å². The molecule has 1 heterocycles. The Balaban J connectivity index is 2.46. The van der Waals surface area contributed by atoms with Crippen molar-refractivity contribution in [3.8, 4) is 0 Å². The van der Waals surface area contributed by atoms with Crippen molar-refractivity contribution in [2.45, 2.75) is 64.7 Å². The lowest BCUT2D eigenvalue weighted by molar-refractivity contribution is 0.389. The molecule has 1 aromatic heterocycles. The Kier molecular flexibility index (Phi) is 5.30. The number of hydrogen-bond donors (Lipinski definition) is 0. The van der Waals surface area contributed by atoms with Crippen LogP contribution in [-0.2, 0) is 5.41 Å². The summed E-state index contributed by atoms with van der Waals surface area (Å²) < 4.78 is 4.50. The lowest BCUT2D eigenvalue weighted by Gasteiger charge is -2.26. The minimum atomic E-state index is 0.313. The predicted octanol–water partition coefficient (Wildman–Crippen LogP) is 4.78. The van der Waals surface area contributed by atoms with E-state index in [-0.39, 0.29) is 0 Å². The second-order valence-corrected chi connectivity index (χ2v) is 5.28. The first kappa shape index (κ1) is 12.7. The first-order valence-electron chi connectivity index (χ1n) is 6.14. The molecular weight excluding hydrogens is 202 g/mol. The van der Waals surface area contributed by atoms with Gasteiger partial charge in [0.05, 0.1) is 5.69 Å². The summed E-state index contributed by atoms with van der Waals surface area (Å²) in [4.78, 5) is 0. The van der Waals surface area contributed by atoms with Crippen molar-refractivity contribution < 1.29 is 0 Å². The Bertz CT molecular complexity index is 256. The molecule has 86 valence electrons. The molecule has 0 aromatic carbocycles. The minimum Gasteiger partial charge on any atom is -0.197 e. The van der Waals surface area contributed by atoms with Crippen LogP contribution < -0.4 is 0 Å². The van der Waals surface area contributed by atoms with Crippen LogP contribution in [0.4, 0.5) is 0 Å². The van der Waals surface area contributed by atoms with Crippen LogP contribution in [0.5, 0.6) is 0 Å². The fourth-order valence-electron chi connectivity index (χ4n) is 1.95. The van der Waals surface area contributed by atoms with Crippen LogP contribution in [0.3, 0.4) is 0 Å². The normalized spacial score (nSPS) is 15.1. The third-order valence-electron chi connectivity index (χ3n) is 3.42. The molecule has 1 nitrogen and oxygen atoms in total. The summed E-state index contributed by atoms with van der Waals surface area (Å²) in [6.07, 6.45) is 7.89. The second-order valence-electron chi connectivity index (χ2n) is 4.61. The molecule has 0 fully saturated rings. The Morgan fingerprint density at radius 1 is 1.27 bits per heavy atom. The van der Waals surface area contributed by atoms with Gasteiger partial charge in [0.25, 0.3) is 0 Å². The lowest BCUT2D eigenvalue weighted by Crippen LogP contribution is -2.21. The van der Waals surface area contributed by atoms with Crippen molar-refractivity contribution in [1.82, 2.24) is 4.37 Å². The molecule has 0 aliphatic carbocycles. The molecule has 2 heteroatoms. The highest BCUT2D eigenvalue weighted by atomic mass is 32.1. The van der Waals surface area contributed by atoms with Crippen molar-refractivity contribution in [3.05, 3.63) is 17.1 Å². The summed E-state index contributed by atoms with van der Waals surface area (Å²) in [6.45, 7) is 6.90. The molecule has 0 radical (unpaired) electrons. The average Bonchev–Trinajstić information content (AvgIpc) is 2.78. The maximum atomic E-state index is 4.50. The number of rotatable bonds is 7. The summed E-state index contributed by atoms with van der Waals surface area (Å²) >= 11 is 1.58. The van der Waals surface area contributed by atoms with Gasteiger partial charge >= 0.3 is 0 Å². The van der Waals surface area contributed by atoms with E-state index in [1.165, 1.54) is 44.2 Å². The van der Waals surface area contributed by atoms with Crippen LogP contribution in [0.15, 0.2) is 11.4 Å². The standard InChI is InChI=1S/C13H23NS/c1-4-6-7-8-10-13(3,5-2)12-9-11-15-14-12/h9,11H,4-8,10H2,1-3H3. The first-order valence-corrected chi connectivity index (χ1v) is 6.97. The van der Waals surface area contributed by atoms with E-state index in [9.17, 15) is 0 Å². The first-order chi connectivity index (χ1) is 7.23. The number of hydrogen-bond acceptors (Lipinski definition) is 2. The van der Waals surface area contributed by atoms with Gasteiger partial charge < -0.3 is 0 Å². The molecule has 0 saturated heterocycles. The van der Waals surface area contributed by atoms with Gasteiger partial charge in [-0.25, -0.2) is 0 Å². The van der Waals surface area contributed by atoms with Crippen molar-refractivity contribution in [3.63, 3.8) is 0 Å². The van der Waals surface area contributed by atoms with Crippen LogP contribution in [0, 0.1) is 0 Å². The van der Waals surface area contributed by atoms with Crippen LogP contribution >= 0.6 is 11.5 Å². The molecule has 0 N–H and O–H groups in total. The smallest absolute Gasteiger partial charge is 0.0600 e. The Labute approximate surface area is 98.1 Å². The number of nitrogens with zero attached hydrogens (tertiary/aromatic N) is 1. The van der Waals surface area contributed by atoms with Gasteiger partial charge in [0.1, 0.15) is 0 Å². The molecule has 0 aliphatic rings. The molecule has 0 amide bonds. The lowest BCUT2D eigenvalue weighted by atomic mass is 9.79. The fraction of sp³-hybridized carbons (Fsp3) is 0.769. The zero-order chi connectivity index (χ0) is 11.1. The highest BCUT2D eigenvalue weighted by Gasteiger charge is 2.25. The van der Waals surface area contributed by atoms with Gasteiger partial charge in [-0.1, -0.05) is 46.5 Å². The van der Waals surface area contributed by atoms with Crippen LogP contribution in [0.2, 0.25) is 0 Å². The predicted molar refractivity (Wildman–Crippen MR) is 68.5 cm³/mol. The molecule has 0 bridgehead atoms. The van der Waals surface area contributed by atoms with Gasteiger partial charge in [0, 0.05) is 10.8 Å². The van der Waals surface area contributed by atoms with Gasteiger partial charge in [0.15, 0.2) is 0 Å². The van der Waals surface area contributed by atoms with Crippen molar-refractivity contribution >= 4 is 11.5 Å². The van der Waals surface area contributed by atoms with E-state index in [4.69, 9.17) is 0 Å². The third-order valence-corrected chi connectivity index (χ3v) is 3.98. The van der Waals surface area contributed by atoms with E-state index in [1.54, 1.807) is 11.5 Å². The maximum Gasteiger partial charge on any atom is 0.0600 e. The van der Waals surface area contributed by atoms with Gasteiger partial charge in [-0.05, 0) is 30.4 Å². The van der Waals surface area contributed by atoms with Crippen molar-refractivity contribution in [2.24, 2.45) is 0 Å². The molecule has 1 atom stereocenters. The van der Waals surface area contributed by atoms with Crippen molar-refractivity contribution in [2.75, 3.05) is 0 Å². The van der Waals surface area contributed by atoms with Crippen LogP contribution in [-0.4, -0.2) is 4.37 Å². The summed E-state index contributed by atoms with van der Waals surface area (Å²) in [5.74, 6) is 0. The van der Waals surface area contributed by atoms with Gasteiger partial charge in [0.2, 0.25) is 0 Å². The second kappa shape index (κ2) is 6.26. The Hall–Kier alpha value is -0.370. The van der Waals surface area contributed by atoms with Gasteiger partial charge in [-0.3, -0.25) is 0 Å². The summed E-state index contributed by atoms with van der Waals surface area (Å²) in [5.41, 5.74) is 1.61. The summed E-state index contributed by atoms with van der Waals surface area (Å²) in [5, 5.41) is 2.09.